The van der Waals surface area contributed by atoms with Crippen molar-refractivity contribution in [3.05, 3.63) is 46.9 Å². The molecule has 2 aromatic heterocycles. The van der Waals surface area contributed by atoms with Crippen molar-refractivity contribution in [3.63, 3.8) is 0 Å². The van der Waals surface area contributed by atoms with Gasteiger partial charge in [-0.2, -0.15) is 4.31 Å². The van der Waals surface area contributed by atoms with Crippen LogP contribution in [0.15, 0.2) is 35.5 Å². The molecule has 1 aromatic carbocycles. The number of hydrogen-bond donors (Lipinski definition) is 0. The van der Waals surface area contributed by atoms with Gasteiger partial charge in [-0.05, 0) is 48.9 Å². The van der Waals surface area contributed by atoms with Crippen molar-refractivity contribution in [1.82, 2.24) is 14.3 Å². The van der Waals surface area contributed by atoms with E-state index in [1.165, 1.54) is 39.4 Å². The Labute approximate surface area is 179 Å². The van der Waals surface area contributed by atoms with E-state index < -0.39 is 15.8 Å². The fourth-order valence-electron chi connectivity index (χ4n) is 4.41. The average molecular weight is 447 g/mol. The van der Waals surface area contributed by atoms with E-state index in [1.807, 2.05) is 0 Å². The van der Waals surface area contributed by atoms with Crippen LogP contribution in [-0.2, 0) is 22.9 Å². The highest BCUT2D eigenvalue weighted by atomic mass is 32.2. The molecular weight excluding hydrogens is 423 g/mol. The Morgan fingerprint density at radius 2 is 1.97 bits per heavy atom. The van der Waals surface area contributed by atoms with Gasteiger partial charge in [-0.3, -0.25) is 0 Å². The van der Waals surface area contributed by atoms with E-state index in [0.717, 1.165) is 34.9 Å². The zero-order valence-corrected chi connectivity index (χ0v) is 18.3. The van der Waals surface area contributed by atoms with Gasteiger partial charge in [0.1, 0.15) is 22.8 Å². The van der Waals surface area contributed by atoms with E-state index in [2.05, 4.69) is 21.8 Å². The van der Waals surface area contributed by atoms with Gasteiger partial charge >= 0.3 is 0 Å². The van der Waals surface area contributed by atoms with Crippen LogP contribution in [0.4, 0.5) is 10.2 Å². The molecule has 9 heteroatoms. The lowest BCUT2D eigenvalue weighted by Gasteiger charge is -2.35. The van der Waals surface area contributed by atoms with Crippen molar-refractivity contribution in [3.8, 4) is 0 Å². The zero-order chi connectivity index (χ0) is 20.9. The largest absolute Gasteiger partial charge is 0.353 e. The van der Waals surface area contributed by atoms with Crippen molar-refractivity contribution >= 4 is 37.4 Å². The molecule has 0 radical (unpaired) electrons. The lowest BCUT2D eigenvalue weighted by molar-refractivity contribution is 0.384. The molecule has 1 saturated heterocycles. The Hall–Kier alpha value is -2.10. The normalized spacial score (nSPS) is 20.5. The number of halogens is 1. The summed E-state index contributed by atoms with van der Waals surface area (Å²) in [5, 5.41) is 1.14. The number of sulfonamides is 1. The minimum atomic E-state index is -3.71. The summed E-state index contributed by atoms with van der Waals surface area (Å²) in [7, 11) is -3.71. The molecule has 0 spiro atoms. The molecule has 0 unspecified atom stereocenters. The molecule has 2 aliphatic rings. The molecule has 1 aliphatic carbocycles. The van der Waals surface area contributed by atoms with Crippen molar-refractivity contribution in [1.29, 1.82) is 0 Å². The second-order valence-electron chi connectivity index (χ2n) is 8.08. The van der Waals surface area contributed by atoms with Crippen LogP contribution in [0.1, 0.15) is 23.8 Å². The van der Waals surface area contributed by atoms with Crippen LogP contribution in [0.2, 0.25) is 0 Å². The van der Waals surface area contributed by atoms with Crippen LogP contribution in [0, 0.1) is 11.7 Å². The quantitative estimate of drug-likeness (QED) is 0.616. The number of anilines is 1. The highest BCUT2D eigenvalue weighted by molar-refractivity contribution is 7.89. The SMILES string of the molecule is C[C@@H]1CCc2c(sc3ncnc(N4CCN(S(=O)(=O)c5cccc(F)c5)CC4)c23)C1. The number of piperazine rings is 1. The number of fused-ring (bicyclic) bond motifs is 3. The molecule has 30 heavy (non-hydrogen) atoms. The topological polar surface area (TPSA) is 66.4 Å². The lowest BCUT2D eigenvalue weighted by Crippen LogP contribution is -2.49. The van der Waals surface area contributed by atoms with E-state index in [4.69, 9.17) is 0 Å². The third-order valence-electron chi connectivity index (χ3n) is 6.04. The standard InChI is InChI=1S/C21H23FN4O2S2/c1-14-5-6-17-18(11-14)29-21-19(17)20(23-13-24-21)25-7-9-26(10-8-25)30(27,28)16-4-2-3-15(22)12-16/h2-4,12-14H,5-11H2,1H3/t14-/m1/s1. The molecule has 1 fully saturated rings. The average Bonchev–Trinajstić information content (AvgIpc) is 3.11. The van der Waals surface area contributed by atoms with E-state index >= 15 is 0 Å². The van der Waals surface area contributed by atoms with Crippen molar-refractivity contribution in [2.24, 2.45) is 5.92 Å². The summed E-state index contributed by atoms with van der Waals surface area (Å²) in [5.41, 5.74) is 1.37. The number of rotatable bonds is 3. The smallest absolute Gasteiger partial charge is 0.243 e. The molecule has 0 saturated carbocycles. The minimum absolute atomic E-state index is 0.00130. The first-order chi connectivity index (χ1) is 14.4. The number of aryl methyl sites for hydroxylation is 1. The number of aromatic nitrogens is 2. The first kappa shape index (κ1) is 19.8. The molecule has 0 N–H and O–H groups in total. The Kier molecular flexibility index (Phi) is 4.99. The fourth-order valence-corrected chi connectivity index (χ4v) is 7.21. The summed E-state index contributed by atoms with van der Waals surface area (Å²) < 4.78 is 40.7. The molecule has 6 nitrogen and oxygen atoms in total. The van der Waals surface area contributed by atoms with Crippen molar-refractivity contribution in [2.75, 3.05) is 31.1 Å². The van der Waals surface area contributed by atoms with Crippen molar-refractivity contribution in [2.45, 2.75) is 31.1 Å². The van der Waals surface area contributed by atoms with Crippen LogP contribution >= 0.6 is 11.3 Å². The van der Waals surface area contributed by atoms with Crippen molar-refractivity contribution < 1.29 is 12.8 Å². The number of benzene rings is 1. The van der Waals surface area contributed by atoms with E-state index in [0.29, 0.717) is 32.1 Å². The number of nitrogens with zero attached hydrogens (tertiary/aromatic N) is 4. The molecule has 3 aromatic rings. The second-order valence-corrected chi connectivity index (χ2v) is 11.1. The molecule has 1 aliphatic heterocycles. The van der Waals surface area contributed by atoms with Gasteiger partial charge in [-0.1, -0.05) is 13.0 Å². The van der Waals surface area contributed by atoms with Crippen LogP contribution < -0.4 is 4.90 Å². The molecular formula is C21H23FN4O2S2. The predicted molar refractivity (Wildman–Crippen MR) is 116 cm³/mol. The molecule has 0 bridgehead atoms. The van der Waals surface area contributed by atoms with E-state index in [-0.39, 0.29) is 4.90 Å². The molecule has 5 rings (SSSR count). The Morgan fingerprint density at radius 3 is 2.73 bits per heavy atom. The summed E-state index contributed by atoms with van der Waals surface area (Å²) in [6, 6.07) is 5.20. The number of thiophene rings is 1. The van der Waals surface area contributed by atoms with Gasteiger partial charge in [0.15, 0.2) is 0 Å². The fraction of sp³-hybridized carbons (Fsp3) is 0.429. The summed E-state index contributed by atoms with van der Waals surface area (Å²) in [4.78, 5) is 13.7. The first-order valence-electron chi connectivity index (χ1n) is 10.2. The van der Waals surface area contributed by atoms with E-state index in [1.54, 1.807) is 17.7 Å². The van der Waals surface area contributed by atoms with Crippen LogP contribution in [0.3, 0.4) is 0 Å². The molecule has 3 heterocycles. The van der Waals surface area contributed by atoms with Gasteiger partial charge in [0.05, 0.1) is 10.3 Å². The van der Waals surface area contributed by atoms with Gasteiger partial charge < -0.3 is 4.90 Å². The predicted octanol–water partition coefficient (Wildman–Crippen LogP) is 3.47. The number of hydrogen-bond acceptors (Lipinski definition) is 6. The molecule has 1 atom stereocenters. The van der Waals surface area contributed by atoms with Gasteiger partial charge in [-0.25, -0.2) is 22.8 Å². The summed E-state index contributed by atoms with van der Waals surface area (Å²) in [6.07, 6.45) is 4.92. The van der Waals surface area contributed by atoms with Gasteiger partial charge in [0.2, 0.25) is 10.0 Å². The zero-order valence-electron chi connectivity index (χ0n) is 16.7. The van der Waals surface area contributed by atoms with Gasteiger partial charge in [-0.15, -0.1) is 11.3 Å². The third-order valence-corrected chi connectivity index (χ3v) is 9.10. The maximum atomic E-state index is 13.5. The first-order valence-corrected chi connectivity index (χ1v) is 12.4. The summed E-state index contributed by atoms with van der Waals surface area (Å²) >= 11 is 1.77. The second kappa shape index (κ2) is 7.55. The monoisotopic (exact) mass is 446 g/mol. The highest BCUT2D eigenvalue weighted by Gasteiger charge is 2.31. The van der Waals surface area contributed by atoms with Gasteiger partial charge in [0.25, 0.3) is 0 Å². The lowest BCUT2D eigenvalue weighted by atomic mass is 9.89. The highest BCUT2D eigenvalue weighted by Crippen LogP contribution is 2.40. The van der Waals surface area contributed by atoms with Gasteiger partial charge in [0, 0.05) is 31.1 Å². The maximum Gasteiger partial charge on any atom is 0.243 e. The van der Waals surface area contributed by atoms with Crippen LogP contribution in [0.5, 0.6) is 0 Å². The summed E-state index contributed by atoms with van der Waals surface area (Å²) in [6.45, 7) is 4.06. The Morgan fingerprint density at radius 1 is 1.17 bits per heavy atom. The van der Waals surface area contributed by atoms with E-state index in [9.17, 15) is 12.8 Å². The third kappa shape index (κ3) is 3.38. The summed E-state index contributed by atoms with van der Waals surface area (Å²) in [5.74, 6) is 1.06. The van der Waals surface area contributed by atoms with Crippen LogP contribution in [0.25, 0.3) is 10.2 Å². The minimum Gasteiger partial charge on any atom is -0.353 e. The van der Waals surface area contributed by atoms with Crippen LogP contribution in [-0.4, -0.2) is 48.9 Å². The Balaban J connectivity index is 1.40. The maximum absolute atomic E-state index is 13.5. The Bertz CT molecular complexity index is 1200. The molecule has 158 valence electrons. The molecule has 0 amide bonds.